The molecule has 0 spiro atoms. The molecule has 1 fully saturated rings. The maximum Gasteiger partial charge on any atom is 0.248 e. The van der Waals surface area contributed by atoms with E-state index in [1.165, 1.54) is 6.07 Å². The van der Waals surface area contributed by atoms with E-state index in [9.17, 15) is 4.39 Å². The normalized spacial score (nSPS) is 14.2. The summed E-state index contributed by atoms with van der Waals surface area (Å²) >= 11 is 3.50. The van der Waals surface area contributed by atoms with Crippen LogP contribution in [0.2, 0.25) is 0 Å². The molecule has 1 aliphatic carbocycles. The Morgan fingerprint density at radius 1 is 1.08 bits per heavy atom. The summed E-state index contributed by atoms with van der Waals surface area (Å²) in [6.07, 6.45) is 2.31. The fourth-order valence-electron chi connectivity index (χ4n) is 2.86. The van der Waals surface area contributed by atoms with Crippen molar-refractivity contribution in [3.05, 3.63) is 70.3 Å². The highest BCUT2D eigenvalue weighted by Crippen LogP contribution is 2.31. The number of hydrogen-bond acceptors (Lipinski definition) is 4. The molecule has 0 atom stereocenters. The van der Waals surface area contributed by atoms with Crippen molar-refractivity contribution in [2.75, 3.05) is 0 Å². The summed E-state index contributed by atoms with van der Waals surface area (Å²) < 4.78 is 20.2. The largest absolute Gasteiger partial charge is 0.419 e. The van der Waals surface area contributed by atoms with Gasteiger partial charge in [-0.05, 0) is 58.6 Å². The van der Waals surface area contributed by atoms with Gasteiger partial charge in [-0.25, -0.2) is 4.39 Å². The third kappa shape index (κ3) is 3.96. The summed E-state index contributed by atoms with van der Waals surface area (Å²) in [7, 11) is 0. The van der Waals surface area contributed by atoms with Crippen molar-refractivity contribution in [2.24, 2.45) is 0 Å². The fraction of sp³-hybridized carbons (Fsp3) is 0.263. The first-order valence-corrected chi connectivity index (χ1v) is 9.04. The molecule has 1 heterocycles. The lowest BCUT2D eigenvalue weighted by molar-refractivity contribution is 0.221. The van der Waals surface area contributed by atoms with E-state index < -0.39 is 0 Å². The first kappa shape index (κ1) is 16.4. The van der Waals surface area contributed by atoms with Gasteiger partial charge in [0.1, 0.15) is 5.82 Å². The molecule has 0 bridgehead atoms. The Hall–Kier alpha value is -2.05. The summed E-state index contributed by atoms with van der Waals surface area (Å²) in [6, 6.07) is 15.0. The Balaban J connectivity index is 1.51. The van der Waals surface area contributed by atoms with Crippen LogP contribution in [0.1, 0.15) is 24.3 Å². The Morgan fingerprint density at radius 2 is 1.92 bits per heavy atom. The molecule has 0 amide bonds. The molecule has 0 N–H and O–H groups in total. The van der Waals surface area contributed by atoms with Crippen LogP contribution < -0.4 is 0 Å². The van der Waals surface area contributed by atoms with Crippen molar-refractivity contribution in [1.82, 2.24) is 15.1 Å². The van der Waals surface area contributed by atoms with Crippen LogP contribution in [0.25, 0.3) is 11.5 Å². The fourth-order valence-corrected chi connectivity index (χ4v) is 3.31. The smallest absolute Gasteiger partial charge is 0.248 e. The number of halogens is 2. The van der Waals surface area contributed by atoms with Crippen LogP contribution in [0.15, 0.2) is 57.4 Å². The quantitative estimate of drug-likeness (QED) is 0.594. The Labute approximate surface area is 153 Å². The Morgan fingerprint density at radius 3 is 2.68 bits per heavy atom. The topological polar surface area (TPSA) is 42.2 Å². The van der Waals surface area contributed by atoms with Crippen molar-refractivity contribution in [3.8, 4) is 11.5 Å². The highest BCUT2D eigenvalue weighted by molar-refractivity contribution is 9.10. The molecule has 4 nitrogen and oxygen atoms in total. The van der Waals surface area contributed by atoms with E-state index in [-0.39, 0.29) is 5.82 Å². The van der Waals surface area contributed by atoms with Crippen LogP contribution >= 0.6 is 15.9 Å². The van der Waals surface area contributed by atoms with Gasteiger partial charge in [0, 0.05) is 17.1 Å². The molecule has 0 aliphatic heterocycles. The minimum absolute atomic E-state index is 0.206. The minimum Gasteiger partial charge on any atom is -0.419 e. The monoisotopic (exact) mass is 401 g/mol. The second-order valence-corrected chi connectivity index (χ2v) is 7.10. The summed E-state index contributed by atoms with van der Waals surface area (Å²) in [5, 5.41) is 8.36. The summed E-state index contributed by atoms with van der Waals surface area (Å²) in [6.45, 7) is 1.24. The van der Waals surface area contributed by atoms with Gasteiger partial charge in [-0.2, -0.15) is 0 Å². The van der Waals surface area contributed by atoms with E-state index in [4.69, 9.17) is 4.42 Å². The molecule has 4 rings (SSSR count). The molecule has 0 saturated heterocycles. The molecule has 3 aromatic rings. The van der Waals surface area contributed by atoms with Gasteiger partial charge in [0.25, 0.3) is 0 Å². The first-order valence-electron chi connectivity index (χ1n) is 8.25. The Bertz CT molecular complexity index is 878. The second kappa shape index (κ2) is 7.06. The molecule has 2 aromatic carbocycles. The summed E-state index contributed by atoms with van der Waals surface area (Å²) in [5.74, 6) is 0.875. The van der Waals surface area contributed by atoms with E-state index in [0.717, 1.165) is 28.4 Å². The van der Waals surface area contributed by atoms with Gasteiger partial charge < -0.3 is 4.42 Å². The average molecular weight is 402 g/mol. The van der Waals surface area contributed by atoms with Gasteiger partial charge >= 0.3 is 0 Å². The number of benzene rings is 2. The molecule has 128 valence electrons. The molecule has 0 radical (unpaired) electrons. The van der Waals surface area contributed by atoms with Crippen molar-refractivity contribution >= 4 is 15.9 Å². The lowest BCUT2D eigenvalue weighted by Crippen LogP contribution is -2.25. The van der Waals surface area contributed by atoms with Gasteiger partial charge in [-0.15, -0.1) is 10.2 Å². The SMILES string of the molecule is Fc1cccc(CN(Cc2nnc(-c3ccccc3Br)o2)C2CC2)c1. The zero-order valence-electron chi connectivity index (χ0n) is 13.5. The maximum atomic E-state index is 13.4. The number of nitrogens with zero attached hydrogens (tertiary/aromatic N) is 3. The standard InChI is InChI=1S/C19H17BrFN3O/c20-17-7-2-1-6-16(17)19-23-22-18(25-19)12-24(15-8-9-15)11-13-4-3-5-14(21)10-13/h1-7,10,15H,8-9,11-12H2. The van der Waals surface area contributed by atoms with Gasteiger partial charge in [-0.3, -0.25) is 4.90 Å². The van der Waals surface area contributed by atoms with Crippen LogP contribution in [0.4, 0.5) is 4.39 Å². The van der Waals surface area contributed by atoms with Gasteiger partial charge in [0.2, 0.25) is 11.8 Å². The number of hydrogen-bond donors (Lipinski definition) is 0. The van der Waals surface area contributed by atoms with Crippen LogP contribution in [0.3, 0.4) is 0 Å². The molecule has 1 aromatic heterocycles. The first-order chi connectivity index (χ1) is 12.2. The van der Waals surface area contributed by atoms with E-state index in [0.29, 0.717) is 30.9 Å². The minimum atomic E-state index is -0.206. The lowest BCUT2D eigenvalue weighted by Gasteiger charge is -2.20. The third-order valence-electron chi connectivity index (χ3n) is 4.25. The lowest BCUT2D eigenvalue weighted by atomic mass is 10.2. The molecule has 1 aliphatic rings. The molecular weight excluding hydrogens is 385 g/mol. The van der Waals surface area contributed by atoms with Crippen molar-refractivity contribution in [2.45, 2.75) is 32.0 Å². The molecule has 25 heavy (non-hydrogen) atoms. The van der Waals surface area contributed by atoms with E-state index >= 15 is 0 Å². The summed E-state index contributed by atoms with van der Waals surface area (Å²) in [4.78, 5) is 2.27. The van der Waals surface area contributed by atoms with Crippen LogP contribution in [0, 0.1) is 5.82 Å². The second-order valence-electron chi connectivity index (χ2n) is 6.25. The third-order valence-corrected chi connectivity index (χ3v) is 4.94. The average Bonchev–Trinajstić information content (AvgIpc) is 3.35. The molecule has 6 heteroatoms. The predicted octanol–water partition coefficient (Wildman–Crippen LogP) is 4.80. The molecular formula is C19H17BrFN3O. The van der Waals surface area contributed by atoms with Crippen molar-refractivity contribution < 1.29 is 8.81 Å². The predicted molar refractivity (Wildman–Crippen MR) is 96.1 cm³/mol. The summed E-state index contributed by atoms with van der Waals surface area (Å²) in [5.41, 5.74) is 1.83. The van der Waals surface area contributed by atoms with Crippen LogP contribution in [0.5, 0.6) is 0 Å². The van der Waals surface area contributed by atoms with Crippen molar-refractivity contribution in [3.63, 3.8) is 0 Å². The highest BCUT2D eigenvalue weighted by atomic mass is 79.9. The van der Waals surface area contributed by atoms with Gasteiger partial charge in [-0.1, -0.05) is 24.3 Å². The van der Waals surface area contributed by atoms with Crippen LogP contribution in [-0.4, -0.2) is 21.1 Å². The molecule has 0 unspecified atom stereocenters. The van der Waals surface area contributed by atoms with Gasteiger partial charge in [0.15, 0.2) is 0 Å². The van der Waals surface area contributed by atoms with E-state index in [1.807, 2.05) is 30.3 Å². The number of rotatable bonds is 6. The molecule has 1 saturated carbocycles. The number of aromatic nitrogens is 2. The zero-order chi connectivity index (χ0) is 17.2. The van der Waals surface area contributed by atoms with Crippen LogP contribution in [-0.2, 0) is 13.1 Å². The zero-order valence-corrected chi connectivity index (χ0v) is 15.1. The Kier molecular flexibility index (Phi) is 4.63. The highest BCUT2D eigenvalue weighted by Gasteiger charge is 2.30. The van der Waals surface area contributed by atoms with Crippen molar-refractivity contribution in [1.29, 1.82) is 0 Å². The van der Waals surface area contributed by atoms with E-state index in [1.54, 1.807) is 12.1 Å². The van der Waals surface area contributed by atoms with Gasteiger partial charge in [0.05, 0.1) is 12.1 Å². The van der Waals surface area contributed by atoms with E-state index in [2.05, 4.69) is 31.0 Å². The maximum absolute atomic E-state index is 13.4.